The second kappa shape index (κ2) is 7.88. The summed E-state index contributed by atoms with van der Waals surface area (Å²) < 4.78 is 5.57. The molecule has 24 heavy (non-hydrogen) atoms. The van der Waals surface area contributed by atoms with Gasteiger partial charge in [-0.05, 0) is 20.8 Å². The number of hydrogen-bond donors (Lipinski definition) is 5. The number of carbonyl (C=O) groups excluding carboxylic acids is 1. The normalized spacial score (nSPS) is 16.3. The predicted octanol–water partition coefficient (Wildman–Crippen LogP) is -1.65. The van der Waals surface area contributed by atoms with E-state index in [1.54, 1.807) is 5.32 Å². The number of hydrogen-bond acceptors (Lipinski definition) is 7. The Hall–Kier alpha value is -2.47. The third-order valence-corrected chi connectivity index (χ3v) is 2.78. The highest BCUT2D eigenvalue weighted by molar-refractivity contribution is 5.83. The zero-order valence-electron chi connectivity index (χ0n) is 13.7. The van der Waals surface area contributed by atoms with Gasteiger partial charge in [0.05, 0.1) is 5.60 Å². The molecule has 12 heteroatoms. The minimum atomic E-state index is -3.05. The first-order valence-corrected chi connectivity index (χ1v) is 6.89. The number of carboxylic acid groups (broad SMARTS) is 1. The molecule has 0 aromatic rings. The van der Waals surface area contributed by atoms with Crippen molar-refractivity contribution >= 4 is 18.3 Å². The zero-order valence-corrected chi connectivity index (χ0v) is 13.7. The minimum absolute atomic E-state index is 0.0649. The number of amides is 1. The first-order valence-electron chi connectivity index (χ1n) is 6.89. The molecule has 138 valence electrons. The Balaban J connectivity index is 6.22. The third-order valence-electron chi connectivity index (χ3n) is 2.78. The molecule has 0 spiro atoms. The summed E-state index contributed by atoms with van der Waals surface area (Å²) in [6, 6.07) is 0. The van der Waals surface area contributed by atoms with Crippen molar-refractivity contribution in [1.82, 2.24) is 5.32 Å². The van der Waals surface area contributed by atoms with Gasteiger partial charge >= 0.3 is 5.97 Å². The van der Waals surface area contributed by atoms with Crippen LogP contribution < -0.4 is 16.8 Å². The Morgan fingerprint density at radius 3 is 2.29 bits per heavy atom. The molecule has 0 saturated carbocycles. The van der Waals surface area contributed by atoms with E-state index in [0.717, 1.165) is 0 Å². The van der Waals surface area contributed by atoms with Crippen LogP contribution in [-0.4, -0.2) is 57.1 Å². The van der Waals surface area contributed by atoms with Crippen LogP contribution in [0.25, 0.3) is 0 Å². The molecule has 0 heterocycles. The monoisotopic (exact) mass is 349 g/mol. The van der Waals surface area contributed by atoms with Gasteiger partial charge < -0.3 is 31.7 Å². The molecule has 0 bridgehead atoms. The number of aliphatic carboxylic acids is 1. The molecule has 12 nitrogen and oxygen atoms in total. The number of carbonyl (C=O) groups is 2. The van der Waals surface area contributed by atoms with E-state index in [2.05, 4.69) is 4.99 Å². The molecular weight excluding hydrogens is 326 g/mol. The van der Waals surface area contributed by atoms with Gasteiger partial charge in [-0.1, -0.05) is 0 Å². The number of ether oxygens (including phenoxy) is 1. The third kappa shape index (κ3) is 5.62. The lowest BCUT2D eigenvalue weighted by molar-refractivity contribution is -0.481. The number of nitro groups is 1. The molecule has 0 aromatic carbocycles. The average molecular weight is 349 g/mol. The minimum Gasteiger partial charge on any atom is -0.478 e. The molecule has 0 radical (unpaired) electrons. The molecule has 1 amide bonds. The second-order valence-corrected chi connectivity index (χ2v) is 5.97. The van der Waals surface area contributed by atoms with Gasteiger partial charge in [0.2, 0.25) is 18.7 Å². The van der Waals surface area contributed by atoms with E-state index in [4.69, 9.17) is 16.2 Å². The van der Waals surface area contributed by atoms with Gasteiger partial charge in [0.1, 0.15) is 0 Å². The summed E-state index contributed by atoms with van der Waals surface area (Å²) in [7, 11) is 0. The van der Waals surface area contributed by atoms with Crippen LogP contribution in [0, 0.1) is 10.1 Å². The van der Waals surface area contributed by atoms with Gasteiger partial charge in [-0.15, -0.1) is 0 Å². The number of nitrogens with two attached hydrogens (primary N) is 2. The van der Waals surface area contributed by atoms with E-state index in [-0.39, 0.29) is 12.8 Å². The smallest absolute Gasteiger partial charge is 0.362 e. The summed E-state index contributed by atoms with van der Waals surface area (Å²) in [4.78, 5) is 36.0. The molecule has 0 fully saturated rings. The van der Waals surface area contributed by atoms with Crippen molar-refractivity contribution < 1.29 is 29.5 Å². The quantitative estimate of drug-likeness (QED) is 0.0763. The van der Waals surface area contributed by atoms with Gasteiger partial charge in [-0.2, -0.15) is 0 Å². The summed E-state index contributed by atoms with van der Waals surface area (Å²) in [5.74, 6) is -2.53. The van der Waals surface area contributed by atoms with Crippen LogP contribution in [0.3, 0.4) is 0 Å². The van der Waals surface area contributed by atoms with Crippen LogP contribution in [0.2, 0.25) is 0 Å². The molecule has 2 atom stereocenters. The Labute approximate surface area is 138 Å². The van der Waals surface area contributed by atoms with Gasteiger partial charge in [0, 0.05) is 17.8 Å². The fourth-order valence-corrected chi connectivity index (χ4v) is 2.06. The van der Waals surface area contributed by atoms with Crippen molar-refractivity contribution in [2.75, 3.05) is 6.54 Å². The molecular formula is C12H23N5O7. The topological polar surface area (TPSA) is 203 Å². The molecule has 0 rings (SSSR count). The first-order chi connectivity index (χ1) is 10.8. The second-order valence-electron chi connectivity index (χ2n) is 5.97. The van der Waals surface area contributed by atoms with E-state index in [1.807, 2.05) is 0 Å². The summed E-state index contributed by atoms with van der Waals surface area (Å²) in [6.45, 7) is 4.04. The number of nitrogens with one attached hydrogen (secondary N) is 1. The molecule has 1 unspecified atom stereocenters. The maximum atomic E-state index is 11.6. The van der Waals surface area contributed by atoms with Gasteiger partial charge in [0.15, 0.2) is 5.96 Å². The number of aliphatic imine (C=N–C) groups is 1. The van der Waals surface area contributed by atoms with Gasteiger partial charge in [-0.3, -0.25) is 14.9 Å². The Kier molecular flexibility index (Phi) is 7.07. The predicted molar refractivity (Wildman–Crippen MR) is 82.3 cm³/mol. The summed E-state index contributed by atoms with van der Waals surface area (Å²) in [5.41, 5.74) is 4.13. The maximum Gasteiger partial charge on any atom is 0.362 e. The van der Waals surface area contributed by atoms with Crippen molar-refractivity contribution in [2.45, 2.75) is 50.7 Å². The van der Waals surface area contributed by atoms with Crippen LogP contribution in [0.5, 0.6) is 0 Å². The van der Waals surface area contributed by atoms with Crippen LogP contribution in [0.15, 0.2) is 4.99 Å². The molecule has 0 saturated heterocycles. The lowest BCUT2D eigenvalue weighted by Crippen LogP contribution is -2.69. The summed E-state index contributed by atoms with van der Waals surface area (Å²) in [5, 5.41) is 32.2. The highest BCUT2D eigenvalue weighted by Gasteiger charge is 2.60. The zero-order chi connectivity index (χ0) is 19.2. The molecule has 0 aliphatic carbocycles. The Morgan fingerprint density at radius 2 is 1.96 bits per heavy atom. The fraction of sp³-hybridized carbons (Fsp3) is 0.750. The van der Waals surface area contributed by atoms with Gasteiger partial charge in [-0.25, -0.2) is 9.79 Å². The van der Waals surface area contributed by atoms with Crippen molar-refractivity contribution in [3.63, 3.8) is 0 Å². The number of aliphatic hydroxyl groups is 1. The standard InChI is InChI=1S/C12H23N5O7/c1-10(2,3)24-11(16-9(13)14,5-4-6-17(22)23)12(21,8(19)20)15-7-18/h7,21H,4-6H2,1-3H3,(H,15,18)(H,19,20)(H4,13,14,16)/t11-,12?/m0/s1. The van der Waals surface area contributed by atoms with E-state index < -0.39 is 46.9 Å². The van der Waals surface area contributed by atoms with Crippen LogP contribution in [-0.2, 0) is 14.3 Å². The molecule has 0 aliphatic heterocycles. The van der Waals surface area contributed by atoms with E-state index in [1.165, 1.54) is 20.8 Å². The average Bonchev–Trinajstić information content (AvgIpc) is 2.34. The van der Waals surface area contributed by atoms with E-state index in [0.29, 0.717) is 0 Å². The number of nitrogens with zero attached hydrogens (tertiary/aromatic N) is 2. The molecule has 0 aromatic heterocycles. The van der Waals surface area contributed by atoms with Crippen molar-refractivity contribution in [3.05, 3.63) is 10.1 Å². The SMILES string of the molecule is CC(C)(C)O[C@](CCC[N+](=O)[O-])(N=C(N)N)C(O)(NC=O)C(=O)O. The Bertz CT molecular complexity index is 514. The van der Waals surface area contributed by atoms with Gasteiger partial charge in [0.25, 0.3) is 5.72 Å². The van der Waals surface area contributed by atoms with Crippen LogP contribution in [0.1, 0.15) is 33.6 Å². The van der Waals surface area contributed by atoms with E-state index in [9.17, 15) is 29.9 Å². The highest BCUT2D eigenvalue weighted by atomic mass is 16.6. The summed E-state index contributed by atoms with van der Waals surface area (Å²) in [6.07, 6.45) is -0.743. The number of guanidine groups is 1. The molecule has 0 aliphatic rings. The highest BCUT2D eigenvalue weighted by Crippen LogP contribution is 2.35. The van der Waals surface area contributed by atoms with Crippen LogP contribution >= 0.6 is 0 Å². The van der Waals surface area contributed by atoms with Crippen molar-refractivity contribution in [3.8, 4) is 0 Å². The molecule has 7 N–H and O–H groups in total. The summed E-state index contributed by atoms with van der Waals surface area (Å²) >= 11 is 0. The number of carboxylic acids is 1. The van der Waals surface area contributed by atoms with Crippen molar-refractivity contribution in [1.29, 1.82) is 0 Å². The van der Waals surface area contributed by atoms with Crippen molar-refractivity contribution in [2.24, 2.45) is 16.5 Å². The number of rotatable bonds is 10. The van der Waals surface area contributed by atoms with E-state index >= 15 is 0 Å². The largest absolute Gasteiger partial charge is 0.478 e. The maximum absolute atomic E-state index is 11.6. The fourth-order valence-electron chi connectivity index (χ4n) is 2.06. The first kappa shape index (κ1) is 21.5. The lowest BCUT2D eigenvalue weighted by atomic mass is 9.92. The lowest BCUT2D eigenvalue weighted by Gasteiger charge is -2.44. The van der Waals surface area contributed by atoms with Crippen LogP contribution in [0.4, 0.5) is 0 Å². The Morgan fingerprint density at radius 1 is 1.42 bits per heavy atom.